The maximum Gasteiger partial charge on any atom is 0.175 e. The normalized spacial score (nSPS) is 13.6. The zero-order valence-corrected chi connectivity index (χ0v) is 18.3. The number of methoxy groups -OCH3 is 1. The number of rotatable bonds is 4. The van der Waals surface area contributed by atoms with Gasteiger partial charge in [0.05, 0.1) is 12.0 Å². The van der Waals surface area contributed by atoms with Crippen molar-refractivity contribution in [1.82, 2.24) is 0 Å². The third-order valence-corrected chi connectivity index (χ3v) is 6.51. The van der Waals surface area contributed by atoms with Crippen molar-refractivity contribution in [2.45, 2.75) is 25.2 Å². The summed E-state index contributed by atoms with van der Waals surface area (Å²) >= 11 is 0. The predicted octanol–water partition coefficient (Wildman–Crippen LogP) is 5.22. The Kier molecular flexibility index (Phi) is 5.16. The first-order valence-corrected chi connectivity index (χ1v) is 11.6. The van der Waals surface area contributed by atoms with E-state index in [1.807, 2.05) is 44.2 Å². The molecule has 0 radical (unpaired) electrons. The molecule has 0 fully saturated rings. The van der Waals surface area contributed by atoms with Gasteiger partial charge in [0.2, 0.25) is 0 Å². The van der Waals surface area contributed by atoms with Gasteiger partial charge in [-0.25, -0.2) is 8.42 Å². The molecule has 154 valence electrons. The molecule has 0 aliphatic carbocycles. The summed E-state index contributed by atoms with van der Waals surface area (Å²) in [6, 6.07) is 19.1. The summed E-state index contributed by atoms with van der Waals surface area (Å²) in [5.74, 6) is 2.46. The van der Waals surface area contributed by atoms with Gasteiger partial charge in [-0.2, -0.15) is 0 Å². The monoisotopic (exact) mass is 420 g/mol. The minimum absolute atomic E-state index is 0.292. The van der Waals surface area contributed by atoms with Crippen LogP contribution >= 0.6 is 0 Å². The average molecular weight is 421 g/mol. The Morgan fingerprint density at radius 1 is 0.900 bits per heavy atom. The van der Waals surface area contributed by atoms with E-state index in [4.69, 9.17) is 9.47 Å². The van der Waals surface area contributed by atoms with Crippen LogP contribution in [0.3, 0.4) is 0 Å². The zero-order valence-electron chi connectivity index (χ0n) is 17.5. The highest BCUT2D eigenvalue weighted by molar-refractivity contribution is 7.90. The lowest BCUT2D eigenvalue weighted by Crippen LogP contribution is -2.10. The van der Waals surface area contributed by atoms with Crippen molar-refractivity contribution in [2.75, 3.05) is 13.4 Å². The van der Waals surface area contributed by atoms with Crippen molar-refractivity contribution in [3.8, 4) is 11.5 Å². The molecule has 30 heavy (non-hydrogen) atoms. The smallest absolute Gasteiger partial charge is 0.175 e. The number of hydrogen-bond donors (Lipinski definition) is 0. The first-order valence-electron chi connectivity index (χ1n) is 9.73. The molecular weight excluding hydrogens is 396 g/mol. The lowest BCUT2D eigenvalue weighted by Gasteiger charge is -2.25. The predicted molar refractivity (Wildman–Crippen MR) is 120 cm³/mol. The lowest BCUT2D eigenvalue weighted by molar-refractivity contribution is 0.408. The summed E-state index contributed by atoms with van der Waals surface area (Å²) < 4.78 is 35.6. The molecule has 0 amide bonds. The highest BCUT2D eigenvalue weighted by Gasteiger charge is 2.23. The molecule has 0 saturated heterocycles. The van der Waals surface area contributed by atoms with Crippen molar-refractivity contribution in [1.29, 1.82) is 0 Å². The average Bonchev–Trinajstić information content (AvgIpc) is 2.72. The van der Waals surface area contributed by atoms with Crippen LogP contribution in [-0.2, 0) is 16.3 Å². The summed E-state index contributed by atoms with van der Waals surface area (Å²) in [6.45, 7) is 4.07. The quantitative estimate of drug-likeness (QED) is 0.581. The topological polar surface area (TPSA) is 52.6 Å². The van der Waals surface area contributed by atoms with Gasteiger partial charge in [-0.15, -0.1) is 0 Å². The van der Waals surface area contributed by atoms with Crippen LogP contribution in [0.2, 0.25) is 0 Å². The Labute approximate surface area is 177 Å². The van der Waals surface area contributed by atoms with E-state index >= 15 is 0 Å². The zero-order chi connectivity index (χ0) is 21.5. The fourth-order valence-corrected chi connectivity index (χ4v) is 4.59. The van der Waals surface area contributed by atoms with Crippen LogP contribution in [-0.4, -0.2) is 21.8 Å². The number of ether oxygens (including phenoxy) is 2. The van der Waals surface area contributed by atoms with Crippen molar-refractivity contribution in [3.05, 3.63) is 88.5 Å². The second-order valence-corrected chi connectivity index (χ2v) is 9.65. The van der Waals surface area contributed by atoms with E-state index in [1.165, 1.54) is 6.26 Å². The van der Waals surface area contributed by atoms with Crippen LogP contribution in [0.4, 0.5) is 0 Å². The van der Waals surface area contributed by atoms with E-state index in [0.717, 1.165) is 57.1 Å². The minimum Gasteiger partial charge on any atom is -0.496 e. The maximum atomic E-state index is 11.9. The standard InChI is InChI=1S/C25H24O4S/c1-16-13-20(14-17(2)24(16)28-3)22-15-19-7-5-6-8-23(19)29-25(22)18-9-11-21(12-10-18)30(4,26)27/h5-14H,15H2,1-4H3. The van der Waals surface area contributed by atoms with Gasteiger partial charge < -0.3 is 9.47 Å². The molecule has 0 atom stereocenters. The summed E-state index contributed by atoms with van der Waals surface area (Å²) in [5.41, 5.74) is 6.22. The molecule has 1 heterocycles. The number of fused-ring (bicyclic) bond motifs is 1. The molecule has 0 aromatic heterocycles. The van der Waals surface area contributed by atoms with E-state index in [9.17, 15) is 8.42 Å². The molecule has 0 spiro atoms. The molecular formula is C25H24O4S. The van der Waals surface area contributed by atoms with Crippen molar-refractivity contribution in [2.24, 2.45) is 0 Å². The molecule has 5 heteroatoms. The van der Waals surface area contributed by atoms with Crippen molar-refractivity contribution < 1.29 is 17.9 Å². The van der Waals surface area contributed by atoms with Gasteiger partial charge in [-0.05, 0) is 78.6 Å². The number of allylic oxidation sites excluding steroid dienone is 1. The molecule has 1 aliphatic heterocycles. The Hall–Kier alpha value is -3.05. The number of para-hydroxylation sites is 1. The molecule has 0 bridgehead atoms. The Morgan fingerprint density at radius 3 is 2.13 bits per heavy atom. The van der Waals surface area contributed by atoms with Crippen molar-refractivity contribution in [3.63, 3.8) is 0 Å². The number of sulfone groups is 1. The van der Waals surface area contributed by atoms with Gasteiger partial charge in [0.1, 0.15) is 17.3 Å². The lowest BCUT2D eigenvalue weighted by atomic mass is 9.90. The second kappa shape index (κ2) is 7.65. The summed E-state index contributed by atoms with van der Waals surface area (Å²) in [4.78, 5) is 0.292. The van der Waals surface area contributed by atoms with Crippen molar-refractivity contribution >= 4 is 21.2 Å². The third-order valence-electron chi connectivity index (χ3n) is 5.38. The van der Waals surface area contributed by atoms with Crippen LogP contribution in [0.25, 0.3) is 11.3 Å². The van der Waals surface area contributed by atoms with Crippen LogP contribution < -0.4 is 9.47 Å². The fraction of sp³-hybridized carbons (Fsp3) is 0.200. The van der Waals surface area contributed by atoms with Gasteiger partial charge >= 0.3 is 0 Å². The fourth-order valence-electron chi connectivity index (χ4n) is 3.96. The van der Waals surface area contributed by atoms with Gasteiger partial charge in [-0.3, -0.25) is 0 Å². The van der Waals surface area contributed by atoms with E-state index in [-0.39, 0.29) is 0 Å². The third kappa shape index (κ3) is 3.73. The Balaban J connectivity index is 1.89. The van der Waals surface area contributed by atoms with Gasteiger partial charge in [0.15, 0.2) is 9.84 Å². The molecule has 3 aromatic rings. The molecule has 0 unspecified atom stereocenters. The highest BCUT2D eigenvalue weighted by Crippen LogP contribution is 2.40. The van der Waals surface area contributed by atoms with E-state index in [2.05, 4.69) is 18.2 Å². The summed E-state index contributed by atoms with van der Waals surface area (Å²) in [5, 5.41) is 0. The van der Waals surface area contributed by atoms with Crippen LogP contribution in [0, 0.1) is 13.8 Å². The molecule has 3 aromatic carbocycles. The van der Waals surface area contributed by atoms with E-state index < -0.39 is 9.84 Å². The molecule has 4 rings (SSSR count). The van der Waals surface area contributed by atoms with Crippen LogP contribution in [0.1, 0.15) is 27.8 Å². The maximum absolute atomic E-state index is 11.9. The Morgan fingerprint density at radius 2 is 1.53 bits per heavy atom. The first-order chi connectivity index (χ1) is 14.3. The van der Waals surface area contributed by atoms with Crippen LogP contribution in [0.5, 0.6) is 11.5 Å². The SMILES string of the molecule is COc1c(C)cc(C2=C(c3ccc(S(C)(=O)=O)cc3)Oc3ccccc3C2)cc1C. The van der Waals surface area contributed by atoms with Crippen LogP contribution in [0.15, 0.2) is 65.6 Å². The minimum atomic E-state index is -3.25. The number of aryl methyl sites for hydroxylation is 2. The molecule has 0 saturated carbocycles. The van der Waals surface area contributed by atoms with E-state index in [1.54, 1.807) is 19.2 Å². The molecule has 1 aliphatic rings. The second-order valence-electron chi connectivity index (χ2n) is 7.63. The summed E-state index contributed by atoms with van der Waals surface area (Å²) in [7, 11) is -1.57. The highest BCUT2D eigenvalue weighted by atomic mass is 32.2. The molecule has 0 N–H and O–H groups in total. The molecule has 4 nitrogen and oxygen atoms in total. The number of hydrogen-bond acceptors (Lipinski definition) is 4. The van der Waals surface area contributed by atoms with E-state index in [0.29, 0.717) is 4.90 Å². The number of benzene rings is 3. The Bertz CT molecular complexity index is 1230. The largest absolute Gasteiger partial charge is 0.496 e. The van der Waals surface area contributed by atoms with Gasteiger partial charge in [0.25, 0.3) is 0 Å². The summed E-state index contributed by atoms with van der Waals surface area (Å²) in [6.07, 6.45) is 1.94. The van der Waals surface area contributed by atoms with Gasteiger partial charge in [-0.1, -0.05) is 18.2 Å². The first kappa shape index (κ1) is 20.2. The van der Waals surface area contributed by atoms with Gasteiger partial charge in [0, 0.05) is 23.8 Å².